The van der Waals surface area contributed by atoms with Crippen LogP contribution in [0.1, 0.15) is 46.5 Å². The van der Waals surface area contributed by atoms with Crippen LogP contribution in [0.2, 0.25) is 0 Å². The van der Waals surface area contributed by atoms with Crippen LogP contribution in [-0.2, 0) is 14.3 Å². The van der Waals surface area contributed by atoms with Gasteiger partial charge in [0, 0.05) is 25.2 Å². The van der Waals surface area contributed by atoms with Crippen molar-refractivity contribution < 1.29 is 14.3 Å². The second-order valence-corrected chi connectivity index (χ2v) is 6.33. The van der Waals surface area contributed by atoms with Gasteiger partial charge in [-0.2, -0.15) is 5.26 Å². The first kappa shape index (κ1) is 17.6. The average molecular weight is 318 g/mol. The lowest BCUT2D eigenvalue weighted by Gasteiger charge is -2.39. The van der Waals surface area contributed by atoms with Crippen molar-refractivity contribution in [3.63, 3.8) is 0 Å². The van der Waals surface area contributed by atoms with Gasteiger partial charge in [0.05, 0.1) is 18.8 Å². The van der Waals surface area contributed by atoms with E-state index >= 15 is 0 Å². The molecule has 0 amide bonds. The standard InChI is InChI=1S/C18H26N2O3/c1-4-18(3)11-16(20-8-6-7-9-20)15(13-23-18)10-14(12-19)17(21)22-5-2/h10H,4-9,11,13H2,1-3H3. The number of ether oxygens (including phenoxy) is 2. The number of hydrogen-bond donors (Lipinski definition) is 0. The lowest BCUT2D eigenvalue weighted by atomic mass is 9.90. The van der Waals surface area contributed by atoms with Gasteiger partial charge in [0.2, 0.25) is 0 Å². The summed E-state index contributed by atoms with van der Waals surface area (Å²) in [6.45, 7) is 8.75. The van der Waals surface area contributed by atoms with Gasteiger partial charge < -0.3 is 14.4 Å². The summed E-state index contributed by atoms with van der Waals surface area (Å²) in [5.74, 6) is -0.563. The lowest BCUT2D eigenvalue weighted by molar-refractivity contribution is -0.138. The maximum Gasteiger partial charge on any atom is 0.348 e. The highest BCUT2D eigenvalue weighted by Gasteiger charge is 2.33. The fourth-order valence-corrected chi connectivity index (χ4v) is 3.03. The number of rotatable bonds is 5. The van der Waals surface area contributed by atoms with Gasteiger partial charge >= 0.3 is 5.97 Å². The normalized spacial score (nSPS) is 25.5. The van der Waals surface area contributed by atoms with E-state index in [1.165, 1.54) is 18.5 Å². The minimum atomic E-state index is -0.563. The zero-order chi connectivity index (χ0) is 16.9. The molecule has 2 aliphatic heterocycles. The third-order valence-corrected chi connectivity index (χ3v) is 4.66. The molecule has 0 aromatic heterocycles. The van der Waals surface area contributed by atoms with E-state index in [1.807, 2.05) is 6.07 Å². The molecule has 1 atom stereocenters. The number of hydrogen-bond acceptors (Lipinski definition) is 5. The molecule has 5 nitrogen and oxygen atoms in total. The molecule has 23 heavy (non-hydrogen) atoms. The third kappa shape index (κ3) is 4.14. The molecule has 126 valence electrons. The average Bonchev–Trinajstić information content (AvgIpc) is 3.08. The fraction of sp³-hybridized carbons (Fsp3) is 0.667. The van der Waals surface area contributed by atoms with Crippen LogP contribution in [0.5, 0.6) is 0 Å². The summed E-state index contributed by atoms with van der Waals surface area (Å²) < 4.78 is 11.0. The smallest absolute Gasteiger partial charge is 0.348 e. The molecule has 2 aliphatic rings. The first-order valence-electron chi connectivity index (χ1n) is 8.43. The van der Waals surface area contributed by atoms with Crippen LogP contribution < -0.4 is 0 Å². The fourth-order valence-electron chi connectivity index (χ4n) is 3.03. The molecular formula is C18H26N2O3. The molecule has 1 unspecified atom stereocenters. The zero-order valence-corrected chi connectivity index (χ0v) is 14.4. The number of carbonyl (C=O) groups excluding carboxylic acids is 1. The van der Waals surface area contributed by atoms with Gasteiger partial charge in [-0.05, 0) is 44.8 Å². The topological polar surface area (TPSA) is 62.6 Å². The molecule has 0 aromatic rings. The van der Waals surface area contributed by atoms with E-state index in [0.29, 0.717) is 6.61 Å². The van der Waals surface area contributed by atoms with E-state index in [2.05, 4.69) is 18.7 Å². The van der Waals surface area contributed by atoms with Crippen LogP contribution in [0.15, 0.2) is 22.9 Å². The van der Waals surface area contributed by atoms with E-state index in [-0.39, 0.29) is 17.8 Å². The monoisotopic (exact) mass is 318 g/mol. The van der Waals surface area contributed by atoms with Gasteiger partial charge in [-0.1, -0.05) is 6.92 Å². The zero-order valence-electron chi connectivity index (χ0n) is 14.4. The Balaban J connectivity index is 2.35. The van der Waals surface area contributed by atoms with Crippen LogP contribution in [0.3, 0.4) is 0 Å². The van der Waals surface area contributed by atoms with E-state index in [4.69, 9.17) is 9.47 Å². The van der Waals surface area contributed by atoms with Crippen molar-refractivity contribution in [1.29, 1.82) is 5.26 Å². The predicted molar refractivity (Wildman–Crippen MR) is 87.4 cm³/mol. The lowest BCUT2D eigenvalue weighted by Crippen LogP contribution is -2.38. The highest BCUT2D eigenvalue weighted by atomic mass is 16.5. The summed E-state index contributed by atoms with van der Waals surface area (Å²) in [5.41, 5.74) is 2.02. The molecule has 0 N–H and O–H groups in total. The number of nitriles is 1. The van der Waals surface area contributed by atoms with Gasteiger partial charge in [0.1, 0.15) is 11.6 Å². The first-order chi connectivity index (χ1) is 11.0. The molecular weight excluding hydrogens is 292 g/mol. The predicted octanol–water partition coefficient (Wildman–Crippen LogP) is 2.94. The van der Waals surface area contributed by atoms with E-state index in [9.17, 15) is 10.1 Å². The number of carbonyl (C=O) groups is 1. The van der Waals surface area contributed by atoms with Crippen molar-refractivity contribution in [3.8, 4) is 6.07 Å². The van der Waals surface area contributed by atoms with Crippen LogP contribution >= 0.6 is 0 Å². The van der Waals surface area contributed by atoms with Gasteiger partial charge in [-0.15, -0.1) is 0 Å². The molecule has 0 aromatic carbocycles. The van der Waals surface area contributed by atoms with E-state index in [0.717, 1.165) is 31.5 Å². The minimum Gasteiger partial charge on any atom is -0.462 e. The molecule has 0 saturated carbocycles. The third-order valence-electron chi connectivity index (χ3n) is 4.66. The van der Waals surface area contributed by atoms with Crippen molar-refractivity contribution in [2.24, 2.45) is 0 Å². The molecule has 0 spiro atoms. The van der Waals surface area contributed by atoms with E-state index < -0.39 is 5.97 Å². The number of likely N-dealkylation sites (tertiary alicyclic amines) is 1. The minimum absolute atomic E-state index is 0.0437. The van der Waals surface area contributed by atoms with Crippen LogP contribution in [0.4, 0.5) is 0 Å². The molecule has 1 fully saturated rings. The maximum atomic E-state index is 11.9. The summed E-state index contributed by atoms with van der Waals surface area (Å²) in [7, 11) is 0. The largest absolute Gasteiger partial charge is 0.462 e. The molecule has 2 rings (SSSR count). The number of nitrogens with zero attached hydrogens (tertiary/aromatic N) is 2. The van der Waals surface area contributed by atoms with Crippen LogP contribution in [-0.4, -0.2) is 42.8 Å². The summed E-state index contributed by atoms with van der Waals surface area (Å²) in [6.07, 6.45) is 5.78. The highest BCUT2D eigenvalue weighted by molar-refractivity contribution is 5.93. The van der Waals surface area contributed by atoms with Crippen LogP contribution in [0.25, 0.3) is 0 Å². The van der Waals surface area contributed by atoms with E-state index in [1.54, 1.807) is 13.0 Å². The molecule has 2 heterocycles. The molecule has 5 heteroatoms. The summed E-state index contributed by atoms with van der Waals surface area (Å²) in [5, 5.41) is 9.26. The van der Waals surface area contributed by atoms with Crippen LogP contribution in [0, 0.1) is 11.3 Å². The van der Waals surface area contributed by atoms with Crippen molar-refractivity contribution in [3.05, 3.63) is 22.9 Å². The molecule has 0 aliphatic carbocycles. The van der Waals surface area contributed by atoms with Crippen molar-refractivity contribution in [1.82, 2.24) is 4.90 Å². The maximum absolute atomic E-state index is 11.9. The quantitative estimate of drug-likeness (QED) is 0.443. The Bertz CT molecular complexity index is 553. The second-order valence-electron chi connectivity index (χ2n) is 6.33. The van der Waals surface area contributed by atoms with Gasteiger partial charge in [-0.3, -0.25) is 0 Å². The Labute approximate surface area is 138 Å². The van der Waals surface area contributed by atoms with Gasteiger partial charge in [0.25, 0.3) is 0 Å². The first-order valence-corrected chi connectivity index (χ1v) is 8.43. The second kappa shape index (κ2) is 7.65. The van der Waals surface area contributed by atoms with Gasteiger partial charge in [-0.25, -0.2) is 4.79 Å². The Morgan fingerprint density at radius 3 is 2.70 bits per heavy atom. The Morgan fingerprint density at radius 1 is 1.43 bits per heavy atom. The molecule has 0 radical (unpaired) electrons. The summed E-state index contributed by atoms with van der Waals surface area (Å²) in [4.78, 5) is 14.2. The van der Waals surface area contributed by atoms with Crippen molar-refractivity contribution in [2.75, 3.05) is 26.3 Å². The summed E-state index contributed by atoms with van der Waals surface area (Å²) >= 11 is 0. The molecule has 0 bridgehead atoms. The van der Waals surface area contributed by atoms with Crippen molar-refractivity contribution in [2.45, 2.75) is 52.1 Å². The Hall–Kier alpha value is -1.80. The van der Waals surface area contributed by atoms with Gasteiger partial charge in [0.15, 0.2) is 0 Å². The molecule has 1 saturated heterocycles. The van der Waals surface area contributed by atoms with Crippen molar-refractivity contribution >= 4 is 5.97 Å². The Morgan fingerprint density at radius 2 is 2.13 bits per heavy atom. The SMILES string of the molecule is CCOC(=O)C(C#N)=CC1=C(N2CCCC2)CC(C)(CC)OC1. The Kier molecular flexibility index (Phi) is 5.84. The number of esters is 1. The summed E-state index contributed by atoms with van der Waals surface area (Å²) in [6, 6.07) is 1.96. The highest BCUT2D eigenvalue weighted by Crippen LogP contribution is 2.35.